The zero-order valence-corrected chi connectivity index (χ0v) is 13.8. The largest absolute Gasteiger partial charge is 0.444 e. The van der Waals surface area contributed by atoms with Crippen LogP contribution in [0, 0.1) is 6.92 Å². The summed E-state index contributed by atoms with van der Waals surface area (Å²) in [5.74, 6) is 0. The van der Waals surface area contributed by atoms with E-state index in [4.69, 9.17) is 4.74 Å². The monoisotopic (exact) mass is 299 g/mol. The minimum absolute atomic E-state index is 0.198. The Kier molecular flexibility index (Phi) is 6.42. The van der Waals surface area contributed by atoms with Gasteiger partial charge in [0.25, 0.3) is 0 Å². The van der Waals surface area contributed by atoms with Crippen LogP contribution in [0.3, 0.4) is 0 Å². The van der Waals surface area contributed by atoms with Gasteiger partial charge in [0.05, 0.1) is 5.01 Å². The third-order valence-electron chi connectivity index (χ3n) is 2.45. The molecule has 1 unspecified atom stereocenters. The van der Waals surface area contributed by atoms with E-state index in [1.165, 1.54) is 0 Å². The summed E-state index contributed by atoms with van der Waals surface area (Å²) in [6.45, 7) is 11.0. The number of alkyl carbamates (subject to hydrolysis) is 1. The predicted molar refractivity (Wildman–Crippen MR) is 82.3 cm³/mol. The maximum absolute atomic E-state index is 11.5. The molecular weight excluding hydrogens is 274 g/mol. The maximum Gasteiger partial charge on any atom is 0.407 e. The van der Waals surface area contributed by atoms with Gasteiger partial charge in [-0.3, -0.25) is 0 Å². The number of hydrogen-bond donors (Lipinski definition) is 2. The van der Waals surface area contributed by atoms with Crippen molar-refractivity contribution in [2.45, 2.75) is 52.7 Å². The van der Waals surface area contributed by atoms with Crippen LogP contribution in [0.2, 0.25) is 0 Å². The second kappa shape index (κ2) is 7.59. The normalized spacial score (nSPS) is 13.1. The fourth-order valence-electron chi connectivity index (χ4n) is 1.57. The van der Waals surface area contributed by atoms with Crippen LogP contribution in [0.4, 0.5) is 4.79 Å². The molecule has 2 N–H and O–H groups in total. The van der Waals surface area contributed by atoms with Crippen LogP contribution in [0.25, 0.3) is 0 Å². The Labute approximate surface area is 125 Å². The number of ether oxygens (including phenoxy) is 1. The van der Waals surface area contributed by atoms with E-state index in [1.54, 1.807) is 11.3 Å². The average Bonchev–Trinajstić information content (AvgIpc) is 2.70. The summed E-state index contributed by atoms with van der Waals surface area (Å²) in [6.07, 6.45) is 0.539. The van der Waals surface area contributed by atoms with Crippen molar-refractivity contribution in [1.82, 2.24) is 15.6 Å². The molecular formula is C14H25N3O2S. The van der Waals surface area contributed by atoms with E-state index in [2.05, 4.69) is 21.0 Å². The standard InChI is InChI=1S/C14H25N3O2S/c1-10(8-16-13(18)19-14(3,4)5)15-7-6-12-17-11(2)9-20-12/h9-10,15H,6-8H2,1-5H3,(H,16,18). The molecule has 1 atom stereocenters. The molecule has 0 aliphatic rings. The molecule has 6 heteroatoms. The smallest absolute Gasteiger partial charge is 0.407 e. The zero-order chi connectivity index (χ0) is 15.2. The van der Waals surface area contributed by atoms with Gasteiger partial charge in [0.2, 0.25) is 0 Å². The van der Waals surface area contributed by atoms with Gasteiger partial charge < -0.3 is 15.4 Å². The highest BCUT2D eigenvalue weighted by molar-refractivity contribution is 7.09. The van der Waals surface area contributed by atoms with Crippen molar-refractivity contribution in [3.05, 3.63) is 16.1 Å². The van der Waals surface area contributed by atoms with Gasteiger partial charge in [-0.05, 0) is 34.6 Å². The van der Waals surface area contributed by atoms with E-state index in [1.807, 2.05) is 34.6 Å². The lowest BCUT2D eigenvalue weighted by Gasteiger charge is -2.21. The molecule has 0 spiro atoms. The third-order valence-corrected chi connectivity index (χ3v) is 3.48. The number of rotatable bonds is 6. The van der Waals surface area contributed by atoms with E-state index in [-0.39, 0.29) is 12.1 Å². The van der Waals surface area contributed by atoms with Gasteiger partial charge in [-0.15, -0.1) is 11.3 Å². The Hall–Kier alpha value is -1.14. The molecule has 1 amide bonds. The van der Waals surface area contributed by atoms with E-state index in [0.29, 0.717) is 6.54 Å². The summed E-state index contributed by atoms with van der Waals surface area (Å²) >= 11 is 1.68. The number of carbonyl (C=O) groups excluding carboxylic acids is 1. The molecule has 0 radical (unpaired) electrons. The Balaban J connectivity index is 2.14. The zero-order valence-electron chi connectivity index (χ0n) is 12.9. The number of amides is 1. The van der Waals surface area contributed by atoms with Crippen LogP contribution < -0.4 is 10.6 Å². The van der Waals surface area contributed by atoms with Crippen LogP contribution in [-0.2, 0) is 11.2 Å². The van der Waals surface area contributed by atoms with Gasteiger partial charge in [0.1, 0.15) is 5.60 Å². The molecule has 0 saturated carbocycles. The van der Waals surface area contributed by atoms with Crippen molar-refractivity contribution in [2.24, 2.45) is 0 Å². The number of aromatic nitrogens is 1. The Bertz CT molecular complexity index is 426. The second-order valence-electron chi connectivity index (χ2n) is 5.87. The molecule has 1 aromatic heterocycles. The first kappa shape index (κ1) is 16.9. The van der Waals surface area contributed by atoms with Gasteiger partial charge >= 0.3 is 6.09 Å². The molecule has 1 rings (SSSR count). The first-order chi connectivity index (χ1) is 9.26. The van der Waals surface area contributed by atoms with Crippen molar-refractivity contribution < 1.29 is 9.53 Å². The molecule has 0 bridgehead atoms. The van der Waals surface area contributed by atoms with Crippen LogP contribution in [0.5, 0.6) is 0 Å². The summed E-state index contributed by atoms with van der Waals surface area (Å²) < 4.78 is 5.18. The van der Waals surface area contributed by atoms with E-state index in [0.717, 1.165) is 23.7 Å². The summed E-state index contributed by atoms with van der Waals surface area (Å²) in [7, 11) is 0. The highest BCUT2D eigenvalue weighted by Crippen LogP contribution is 2.08. The summed E-state index contributed by atoms with van der Waals surface area (Å²) in [5, 5.41) is 9.31. The van der Waals surface area contributed by atoms with Gasteiger partial charge in [-0.2, -0.15) is 0 Å². The summed E-state index contributed by atoms with van der Waals surface area (Å²) in [5.41, 5.74) is 0.619. The van der Waals surface area contributed by atoms with Crippen molar-refractivity contribution in [1.29, 1.82) is 0 Å². The minimum Gasteiger partial charge on any atom is -0.444 e. The molecule has 0 saturated heterocycles. The number of thiazole rings is 1. The lowest BCUT2D eigenvalue weighted by Crippen LogP contribution is -2.41. The SMILES string of the molecule is Cc1csc(CCNC(C)CNC(=O)OC(C)(C)C)n1. The van der Waals surface area contributed by atoms with Gasteiger partial charge in [-0.25, -0.2) is 9.78 Å². The molecule has 1 heterocycles. The fraction of sp³-hybridized carbons (Fsp3) is 0.714. The maximum atomic E-state index is 11.5. The van der Waals surface area contributed by atoms with Crippen molar-refractivity contribution >= 4 is 17.4 Å². The summed E-state index contributed by atoms with van der Waals surface area (Å²) in [4.78, 5) is 15.9. The molecule has 0 aliphatic heterocycles. The average molecular weight is 299 g/mol. The molecule has 20 heavy (non-hydrogen) atoms. The van der Waals surface area contributed by atoms with Gasteiger partial charge in [0.15, 0.2) is 0 Å². The Morgan fingerprint density at radius 1 is 1.50 bits per heavy atom. The predicted octanol–water partition coefficient (Wildman–Crippen LogP) is 2.50. The first-order valence-electron chi connectivity index (χ1n) is 6.87. The van der Waals surface area contributed by atoms with Gasteiger partial charge in [-0.1, -0.05) is 0 Å². The number of nitrogens with one attached hydrogen (secondary N) is 2. The lowest BCUT2D eigenvalue weighted by molar-refractivity contribution is 0.0523. The van der Waals surface area contributed by atoms with Crippen LogP contribution in [-0.4, -0.2) is 35.8 Å². The molecule has 5 nitrogen and oxygen atoms in total. The number of hydrogen-bond acceptors (Lipinski definition) is 5. The Morgan fingerprint density at radius 2 is 2.20 bits per heavy atom. The topological polar surface area (TPSA) is 63.2 Å². The highest BCUT2D eigenvalue weighted by Gasteiger charge is 2.16. The number of aryl methyl sites for hydroxylation is 1. The molecule has 0 aromatic carbocycles. The van der Waals surface area contributed by atoms with Crippen molar-refractivity contribution in [3.63, 3.8) is 0 Å². The van der Waals surface area contributed by atoms with Crippen LogP contribution in [0.15, 0.2) is 5.38 Å². The number of nitrogens with zero attached hydrogens (tertiary/aromatic N) is 1. The van der Waals surface area contributed by atoms with E-state index in [9.17, 15) is 4.79 Å². The van der Waals surface area contributed by atoms with Crippen molar-refractivity contribution in [2.75, 3.05) is 13.1 Å². The fourth-order valence-corrected chi connectivity index (χ4v) is 2.34. The molecule has 114 valence electrons. The van der Waals surface area contributed by atoms with Gasteiger partial charge in [0, 0.05) is 36.6 Å². The Morgan fingerprint density at radius 3 is 2.75 bits per heavy atom. The molecule has 1 aromatic rings. The molecule has 0 fully saturated rings. The minimum atomic E-state index is -0.455. The number of carbonyl (C=O) groups is 1. The third kappa shape index (κ3) is 7.45. The van der Waals surface area contributed by atoms with Crippen molar-refractivity contribution in [3.8, 4) is 0 Å². The van der Waals surface area contributed by atoms with E-state index >= 15 is 0 Å². The highest BCUT2D eigenvalue weighted by atomic mass is 32.1. The summed E-state index contributed by atoms with van der Waals surface area (Å²) in [6, 6.07) is 0.198. The van der Waals surface area contributed by atoms with Crippen LogP contribution >= 0.6 is 11.3 Å². The van der Waals surface area contributed by atoms with Crippen LogP contribution in [0.1, 0.15) is 38.4 Å². The lowest BCUT2D eigenvalue weighted by atomic mass is 10.2. The quantitative estimate of drug-likeness (QED) is 0.847. The second-order valence-corrected chi connectivity index (χ2v) is 6.81. The van der Waals surface area contributed by atoms with E-state index < -0.39 is 5.60 Å². The first-order valence-corrected chi connectivity index (χ1v) is 7.75. The molecule has 0 aliphatic carbocycles.